The highest BCUT2D eigenvalue weighted by atomic mass is 15.0. The molecule has 0 saturated heterocycles. The van der Waals surface area contributed by atoms with Crippen LogP contribution < -0.4 is 0 Å². The lowest BCUT2D eigenvalue weighted by atomic mass is 9.80. The molecule has 1 aliphatic heterocycles. The van der Waals surface area contributed by atoms with Gasteiger partial charge in [-0.05, 0) is 132 Å². The van der Waals surface area contributed by atoms with Crippen LogP contribution in [0.15, 0.2) is 217 Å². The van der Waals surface area contributed by atoms with E-state index in [1.165, 1.54) is 110 Å². The van der Waals surface area contributed by atoms with E-state index < -0.39 is 0 Å². The maximum Gasteiger partial charge on any atom is 0.0820 e. The van der Waals surface area contributed by atoms with Gasteiger partial charge in [0.15, 0.2) is 0 Å². The summed E-state index contributed by atoms with van der Waals surface area (Å²) in [5, 5.41) is 12.7. The molecule has 0 bridgehead atoms. The molecule has 2 heteroatoms. The predicted octanol–water partition coefficient (Wildman–Crippen LogP) is 16.5. The molecule has 1 aromatic heterocycles. The van der Waals surface area contributed by atoms with Crippen LogP contribution in [0.4, 0.5) is 0 Å². The number of hydrogen-bond acceptors (Lipinski definition) is 1. The van der Waals surface area contributed by atoms with Gasteiger partial charge in [0.25, 0.3) is 0 Å². The standard InChI is InChI=1S/C61H46N2/c1-2-47-48(41-18-5-3-6-19-41)26-16-29-57(62-61(47)42-20-7-4-8-21-42)45-32-35-52-50-23-11-12-24-51(50)54-28-15-27-49(60(54)56(52)39-45)44-33-36-59-55(38-44)53-25-13-14-30-58(53)63(59)46-34-31-40-17-9-10-22-43(40)37-46/h3-15,17-28,30-39,47,61H,2,16,29H2,1H3/b48-26-,62-57+. The van der Waals surface area contributed by atoms with Crippen molar-refractivity contribution in [3.63, 3.8) is 0 Å². The summed E-state index contributed by atoms with van der Waals surface area (Å²) in [6, 6.07) is 76.3. The van der Waals surface area contributed by atoms with E-state index in [0.717, 1.165) is 19.3 Å². The van der Waals surface area contributed by atoms with E-state index in [4.69, 9.17) is 4.99 Å². The van der Waals surface area contributed by atoms with Crippen molar-refractivity contribution in [2.45, 2.75) is 32.2 Å². The molecule has 2 unspecified atom stereocenters. The molecule has 0 saturated carbocycles. The first-order valence-electron chi connectivity index (χ1n) is 22.5. The molecule has 0 fully saturated rings. The number of para-hydroxylation sites is 1. The Kier molecular flexibility index (Phi) is 9.11. The zero-order valence-corrected chi connectivity index (χ0v) is 35.4. The average molecular weight is 807 g/mol. The minimum atomic E-state index is 0.000950. The molecule has 2 heterocycles. The van der Waals surface area contributed by atoms with E-state index in [-0.39, 0.29) is 12.0 Å². The zero-order valence-electron chi connectivity index (χ0n) is 35.4. The minimum absolute atomic E-state index is 0.000950. The largest absolute Gasteiger partial charge is 0.309 e. The quantitative estimate of drug-likeness (QED) is 0.149. The Morgan fingerprint density at radius 2 is 1.13 bits per heavy atom. The molecule has 0 spiro atoms. The Morgan fingerprint density at radius 3 is 1.95 bits per heavy atom. The van der Waals surface area contributed by atoms with Gasteiger partial charge in [0.1, 0.15) is 0 Å². The number of hydrogen-bond donors (Lipinski definition) is 0. The van der Waals surface area contributed by atoms with Crippen LogP contribution in [0.5, 0.6) is 0 Å². The number of nitrogens with zero attached hydrogens (tertiary/aromatic N) is 2. The van der Waals surface area contributed by atoms with Crippen LogP contribution in [-0.2, 0) is 0 Å². The van der Waals surface area contributed by atoms with Crippen molar-refractivity contribution >= 4 is 76.2 Å². The molecule has 63 heavy (non-hydrogen) atoms. The molecule has 10 aromatic carbocycles. The Hall–Kier alpha value is -7.55. The highest BCUT2D eigenvalue weighted by Crippen LogP contribution is 2.44. The van der Waals surface area contributed by atoms with Crippen LogP contribution in [0, 0.1) is 5.92 Å². The summed E-state index contributed by atoms with van der Waals surface area (Å²) >= 11 is 0. The highest BCUT2D eigenvalue weighted by molar-refractivity contribution is 6.29. The van der Waals surface area contributed by atoms with E-state index >= 15 is 0 Å². The van der Waals surface area contributed by atoms with Crippen LogP contribution in [-0.4, -0.2) is 10.3 Å². The van der Waals surface area contributed by atoms with Crippen molar-refractivity contribution in [3.05, 3.63) is 229 Å². The SMILES string of the molecule is CCC1/C(c2ccccc2)=C\CC/C(c2ccc3c4ccccc4c4cccc(-c5ccc6c(c5)c5ccccc5n6-c5ccc6ccccc6c5)c4c3c2)=N\C1c1ccccc1. The number of rotatable bonds is 6. The Morgan fingerprint density at radius 1 is 0.476 bits per heavy atom. The van der Waals surface area contributed by atoms with Crippen molar-refractivity contribution in [1.82, 2.24) is 4.57 Å². The lowest BCUT2D eigenvalue weighted by Crippen LogP contribution is -2.17. The summed E-state index contributed by atoms with van der Waals surface area (Å²) < 4.78 is 2.43. The van der Waals surface area contributed by atoms with Crippen LogP contribution in [0.3, 0.4) is 0 Å². The van der Waals surface area contributed by atoms with Crippen LogP contribution in [0.2, 0.25) is 0 Å². The van der Waals surface area contributed by atoms with E-state index in [1.807, 2.05) is 0 Å². The monoisotopic (exact) mass is 806 g/mol. The Balaban J connectivity index is 1.06. The van der Waals surface area contributed by atoms with Gasteiger partial charge in [-0.15, -0.1) is 0 Å². The summed E-state index contributed by atoms with van der Waals surface area (Å²) in [4.78, 5) is 5.81. The first-order chi connectivity index (χ1) is 31.2. The van der Waals surface area contributed by atoms with E-state index in [1.54, 1.807) is 0 Å². The van der Waals surface area contributed by atoms with Gasteiger partial charge in [-0.3, -0.25) is 4.99 Å². The smallest absolute Gasteiger partial charge is 0.0820 e. The molecule has 300 valence electrons. The lowest BCUT2D eigenvalue weighted by Gasteiger charge is -2.29. The van der Waals surface area contributed by atoms with Crippen LogP contribution in [0.1, 0.15) is 48.9 Å². The Bertz CT molecular complexity index is 3610. The summed E-state index contributed by atoms with van der Waals surface area (Å²) in [6.45, 7) is 2.32. The molecule has 0 radical (unpaired) electrons. The van der Waals surface area contributed by atoms with Crippen molar-refractivity contribution in [2.24, 2.45) is 10.9 Å². The first-order valence-corrected chi connectivity index (χ1v) is 22.5. The number of benzene rings is 10. The molecule has 2 nitrogen and oxygen atoms in total. The van der Waals surface area contributed by atoms with Gasteiger partial charge < -0.3 is 4.57 Å². The molecule has 2 atom stereocenters. The summed E-state index contributed by atoms with van der Waals surface area (Å²) in [5.74, 6) is 0.254. The highest BCUT2D eigenvalue weighted by Gasteiger charge is 2.28. The molecule has 0 aliphatic carbocycles. The average Bonchev–Trinajstić information content (AvgIpc) is 3.68. The van der Waals surface area contributed by atoms with Crippen molar-refractivity contribution in [2.75, 3.05) is 0 Å². The summed E-state index contributed by atoms with van der Waals surface area (Å²) in [6.07, 6.45) is 5.32. The van der Waals surface area contributed by atoms with E-state index in [2.05, 4.69) is 224 Å². The second-order valence-corrected chi connectivity index (χ2v) is 17.2. The minimum Gasteiger partial charge on any atom is -0.309 e. The van der Waals surface area contributed by atoms with E-state index in [9.17, 15) is 0 Å². The summed E-state index contributed by atoms with van der Waals surface area (Å²) in [7, 11) is 0. The normalized spacial score (nSPS) is 17.5. The molecule has 11 aromatic rings. The molecule has 0 N–H and O–H groups in total. The zero-order chi connectivity index (χ0) is 41.9. The third-order valence-corrected chi connectivity index (χ3v) is 13.7. The van der Waals surface area contributed by atoms with Gasteiger partial charge in [-0.25, -0.2) is 0 Å². The number of fused-ring (bicyclic) bond motifs is 10. The van der Waals surface area contributed by atoms with Crippen molar-refractivity contribution in [3.8, 4) is 16.8 Å². The molecular formula is C61H46N2. The van der Waals surface area contributed by atoms with Gasteiger partial charge in [0.05, 0.1) is 17.1 Å². The Labute approximate surface area is 368 Å². The fourth-order valence-corrected chi connectivity index (χ4v) is 10.8. The maximum absolute atomic E-state index is 5.81. The van der Waals surface area contributed by atoms with Gasteiger partial charge in [-0.2, -0.15) is 0 Å². The second kappa shape index (κ2) is 15.4. The molecule has 1 aliphatic rings. The third kappa shape index (κ3) is 6.28. The van der Waals surface area contributed by atoms with Crippen molar-refractivity contribution in [1.29, 1.82) is 0 Å². The third-order valence-electron chi connectivity index (χ3n) is 13.7. The second-order valence-electron chi connectivity index (χ2n) is 17.2. The van der Waals surface area contributed by atoms with Crippen LogP contribution >= 0.6 is 0 Å². The number of allylic oxidation sites excluding steroid dienone is 1. The fourth-order valence-electron chi connectivity index (χ4n) is 10.8. The van der Waals surface area contributed by atoms with Crippen molar-refractivity contribution < 1.29 is 0 Å². The topological polar surface area (TPSA) is 17.3 Å². The van der Waals surface area contributed by atoms with E-state index in [0.29, 0.717) is 0 Å². The lowest BCUT2D eigenvalue weighted by molar-refractivity contribution is 0.519. The van der Waals surface area contributed by atoms with Gasteiger partial charge in [0, 0.05) is 28.1 Å². The molecular weight excluding hydrogens is 761 g/mol. The number of aliphatic imine (C=N–C) groups is 1. The van der Waals surface area contributed by atoms with Gasteiger partial charge >= 0.3 is 0 Å². The number of aromatic nitrogens is 1. The molecule has 0 amide bonds. The fraction of sp³-hybridized carbons (Fsp3) is 0.0984. The molecule has 12 rings (SSSR count). The predicted molar refractivity (Wildman–Crippen MR) is 269 cm³/mol. The summed E-state index contributed by atoms with van der Waals surface area (Å²) in [5.41, 5.74) is 12.4. The van der Waals surface area contributed by atoms with Gasteiger partial charge in [0.2, 0.25) is 0 Å². The first kappa shape index (κ1) is 37.2. The van der Waals surface area contributed by atoms with Gasteiger partial charge in [-0.1, -0.05) is 183 Å². The van der Waals surface area contributed by atoms with Crippen LogP contribution in [0.25, 0.3) is 87.3 Å². The maximum atomic E-state index is 5.81.